The summed E-state index contributed by atoms with van der Waals surface area (Å²) in [4.78, 5) is 35.9. The molecule has 0 aliphatic heterocycles. The van der Waals surface area contributed by atoms with Crippen LogP contribution in [0, 0.1) is 0 Å². The lowest BCUT2D eigenvalue weighted by atomic mass is 10.1. The molecule has 0 rings (SSSR count). The van der Waals surface area contributed by atoms with Crippen LogP contribution in [0.4, 0.5) is 0 Å². The Morgan fingerprint density at radius 2 is 0.600 bits per heavy atom. The predicted octanol–water partition coefficient (Wildman–Crippen LogP) is 23.5. The van der Waals surface area contributed by atoms with Crippen LogP contribution in [0.2, 0.25) is 0 Å². The zero-order valence-corrected chi connectivity index (χ0v) is 58.7. The molecule has 0 aliphatic rings. The Kier molecular flexibility index (Phi) is 64.8. The summed E-state index contributed by atoms with van der Waals surface area (Å²) >= 11 is 0. The average Bonchev–Trinajstić information content (AvgIpc) is 3.58. The van der Waals surface area contributed by atoms with Gasteiger partial charge >= 0.3 is 19.8 Å². The Labute approximate surface area is 552 Å². The van der Waals surface area contributed by atoms with Gasteiger partial charge in [-0.3, -0.25) is 18.6 Å². The maximum atomic E-state index is 12.9. The molecule has 0 amide bonds. The number of allylic oxidation sites excluding steroid dienone is 30. The molecule has 0 aromatic carbocycles. The van der Waals surface area contributed by atoms with E-state index >= 15 is 0 Å². The molecule has 0 heterocycles. The predicted molar refractivity (Wildman–Crippen MR) is 389 cm³/mol. The number of rotatable bonds is 63. The van der Waals surface area contributed by atoms with E-state index in [4.69, 9.17) is 18.5 Å². The van der Waals surface area contributed by atoms with Crippen molar-refractivity contribution in [1.29, 1.82) is 0 Å². The van der Waals surface area contributed by atoms with Crippen molar-refractivity contribution in [3.8, 4) is 0 Å². The Morgan fingerprint density at radius 3 is 0.889 bits per heavy atom. The van der Waals surface area contributed by atoms with E-state index in [1.54, 1.807) is 0 Å². The van der Waals surface area contributed by atoms with Gasteiger partial charge in [0.25, 0.3) is 0 Å². The number of phosphoric ester groups is 1. The smallest absolute Gasteiger partial charge is 0.462 e. The normalized spacial score (nSPS) is 14.2. The maximum absolute atomic E-state index is 12.9. The van der Waals surface area contributed by atoms with Gasteiger partial charge in [-0.15, -0.1) is 0 Å². The van der Waals surface area contributed by atoms with Crippen LogP contribution in [0.15, 0.2) is 182 Å². The van der Waals surface area contributed by atoms with Gasteiger partial charge in [0.15, 0.2) is 6.10 Å². The fourth-order valence-electron chi connectivity index (χ4n) is 9.07. The first-order chi connectivity index (χ1) is 44.0. The summed E-state index contributed by atoms with van der Waals surface area (Å²) < 4.78 is 34.7. The van der Waals surface area contributed by atoms with E-state index in [0.29, 0.717) is 17.4 Å². The molecule has 0 bridgehead atoms. The summed E-state index contributed by atoms with van der Waals surface area (Å²) in [5, 5.41) is 0. The van der Waals surface area contributed by atoms with Crippen LogP contribution >= 0.6 is 7.82 Å². The summed E-state index contributed by atoms with van der Waals surface area (Å²) in [5.74, 6) is -0.819. The zero-order chi connectivity index (χ0) is 65.5. The molecule has 9 nitrogen and oxygen atoms in total. The number of quaternary nitrogens is 1. The van der Waals surface area contributed by atoms with E-state index in [1.807, 2.05) is 21.1 Å². The zero-order valence-electron chi connectivity index (χ0n) is 57.8. The fourth-order valence-corrected chi connectivity index (χ4v) is 9.81. The minimum atomic E-state index is -4.41. The highest BCUT2D eigenvalue weighted by Crippen LogP contribution is 2.43. The van der Waals surface area contributed by atoms with Crippen LogP contribution in [0.1, 0.15) is 258 Å². The summed E-state index contributed by atoms with van der Waals surface area (Å²) in [6.45, 7) is 4.18. The number of carbonyl (C=O) groups is 2. The molecule has 0 saturated heterocycles. The van der Waals surface area contributed by atoms with Crippen molar-refractivity contribution >= 4 is 19.8 Å². The second-order valence-corrected chi connectivity index (χ2v) is 25.6. The minimum absolute atomic E-state index is 0.0203. The van der Waals surface area contributed by atoms with E-state index < -0.39 is 26.5 Å². The van der Waals surface area contributed by atoms with E-state index in [9.17, 15) is 19.0 Å². The average molecular weight is 1270 g/mol. The molecule has 0 saturated carbocycles. The highest BCUT2D eigenvalue weighted by molar-refractivity contribution is 7.47. The molecule has 10 heteroatoms. The third-order valence-electron chi connectivity index (χ3n) is 14.4. The number of hydrogen-bond acceptors (Lipinski definition) is 7. The first-order valence-electron chi connectivity index (χ1n) is 35.5. The monoisotopic (exact) mass is 1260 g/mol. The third-order valence-corrected chi connectivity index (χ3v) is 15.4. The molecular formula is C80H131NO8P+. The van der Waals surface area contributed by atoms with Crippen molar-refractivity contribution in [2.45, 2.75) is 264 Å². The lowest BCUT2D eigenvalue weighted by molar-refractivity contribution is -0.870. The fraction of sp³-hybridized carbons (Fsp3) is 0.600. The molecule has 0 spiro atoms. The number of carbonyl (C=O) groups excluding carboxylic acids is 2. The lowest BCUT2D eigenvalue weighted by Crippen LogP contribution is -2.37. The van der Waals surface area contributed by atoms with Crippen LogP contribution in [-0.4, -0.2) is 74.9 Å². The van der Waals surface area contributed by atoms with E-state index in [0.717, 1.165) is 154 Å². The van der Waals surface area contributed by atoms with Crippen LogP contribution < -0.4 is 0 Å². The quantitative estimate of drug-likeness (QED) is 0.0211. The molecule has 2 unspecified atom stereocenters. The standard InChI is InChI=1S/C80H130NO8P/c1-6-8-10-12-14-16-18-20-22-24-26-28-30-32-34-36-37-38-39-40-41-42-43-45-47-49-51-53-55-57-59-61-63-65-67-69-71-73-80(83)89-78(77-88-90(84,85)87-75-74-81(3,4)5)76-86-79(82)72-70-68-66-64-62-60-58-56-54-52-50-48-46-44-35-33-31-29-27-25-23-21-19-17-15-13-11-9-7-2/h8-11,14-17,20-23,26-29,32-35,37-38,40-41,43,45-46,48-49,51,78H,6-7,12-13,18-19,24-25,30-31,36,39,42,44,47,50,52-77H2,1-5H3/p+1/b10-8-,11-9-,16-14-,17-15-,22-20-,23-21-,28-26-,29-27-,34-32-,35-33-,38-37-,41-40-,45-43-,48-46-,51-49-. The highest BCUT2D eigenvalue weighted by atomic mass is 31.2. The Morgan fingerprint density at radius 1 is 0.344 bits per heavy atom. The third kappa shape index (κ3) is 72.2. The molecule has 0 aromatic heterocycles. The van der Waals surface area contributed by atoms with Crippen molar-refractivity contribution in [1.82, 2.24) is 0 Å². The Hall–Kier alpha value is -4.89. The summed E-state index contributed by atoms with van der Waals surface area (Å²) in [5.41, 5.74) is 0. The first-order valence-corrected chi connectivity index (χ1v) is 37.0. The minimum Gasteiger partial charge on any atom is -0.462 e. The van der Waals surface area contributed by atoms with Gasteiger partial charge in [-0.1, -0.05) is 292 Å². The number of nitrogens with zero attached hydrogens (tertiary/aromatic N) is 1. The number of esters is 2. The number of ether oxygens (including phenoxy) is 2. The van der Waals surface area contributed by atoms with E-state index in [2.05, 4.69) is 196 Å². The summed E-state index contributed by atoms with van der Waals surface area (Å²) in [6.07, 6.45) is 106. The number of likely N-dealkylation sites (N-methyl/N-ethyl adjacent to an activating group) is 1. The molecule has 0 fully saturated rings. The van der Waals surface area contributed by atoms with E-state index in [-0.39, 0.29) is 32.0 Å². The second kappa shape index (κ2) is 68.5. The largest absolute Gasteiger partial charge is 0.472 e. The van der Waals surface area contributed by atoms with Gasteiger partial charge in [0.1, 0.15) is 19.8 Å². The molecule has 2 atom stereocenters. The van der Waals surface area contributed by atoms with Crippen LogP contribution in [0.3, 0.4) is 0 Å². The van der Waals surface area contributed by atoms with Crippen molar-refractivity contribution < 1.29 is 42.1 Å². The lowest BCUT2D eigenvalue weighted by Gasteiger charge is -2.24. The summed E-state index contributed by atoms with van der Waals surface area (Å²) in [7, 11) is 1.45. The number of unbranched alkanes of at least 4 members (excludes halogenated alkanes) is 19. The van der Waals surface area contributed by atoms with Crippen LogP contribution in [0.25, 0.3) is 0 Å². The molecule has 0 radical (unpaired) electrons. The van der Waals surface area contributed by atoms with Gasteiger partial charge in [0.05, 0.1) is 27.7 Å². The molecule has 1 N–H and O–H groups in total. The highest BCUT2D eigenvalue weighted by Gasteiger charge is 2.27. The SMILES string of the molecule is CC/C=C\C/C=C\C/C=C\C/C=C\C/C=C\C/C=C\C/C=C\C/C=C\C/C=C\CCCCCCCCCCCC(=O)OC(COC(=O)CCCCCCCCCCCC/C=C\C/C=C\C/C=C\C/C=C\C/C=C\C/C=C\CC)COP(=O)(O)OCC[N+](C)(C)C. The van der Waals surface area contributed by atoms with Crippen molar-refractivity contribution in [2.75, 3.05) is 47.5 Å². The molecular weight excluding hydrogens is 1130 g/mol. The summed E-state index contributed by atoms with van der Waals surface area (Å²) in [6, 6.07) is 0. The number of phosphoric acid groups is 1. The van der Waals surface area contributed by atoms with Crippen molar-refractivity contribution in [3.63, 3.8) is 0 Å². The first kappa shape index (κ1) is 85.1. The van der Waals surface area contributed by atoms with Crippen molar-refractivity contribution in [3.05, 3.63) is 182 Å². The topological polar surface area (TPSA) is 108 Å². The maximum Gasteiger partial charge on any atom is 0.472 e. The van der Waals surface area contributed by atoms with E-state index in [1.165, 1.54) is 70.6 Å². The molecule has 508 valence electrons. The Bertz CT molecular complexity index is 2170. The van der Waals surface area contributed by atoms with Gasteiger partial charge in [0.2, 0.25) is 0 Å². The number of hydrogen-bond donors (Lipinski definition) is 1. The van der Waals surface area contributed by atoms with Gasteiger partial charge < -0.3 is 18.9 Å². The van der Waals surface area contributed by atoms with Crippen LogP contribution in [0.5, 0.6) is 0 Å². The van der Waals surface area contributed by atoms with Gasteiger partial charge in [-0.05, 0) is 135 Å². The van der Waals surface area contributed by atoms with Gasteiger partial charge in [-0.2, -0.15) is 0 Å². The van der Waals surface area contributed by atoms with Crippen LogP contribution in [-0.2, 0) is 32.7 Å². The molecule has 0 aromatic rings. The van der Waals surface area contributed by atoms with Crippen molar-refractivity contribution in [2.24, 2.45) is 0 Å². The molecule has 0 aliphatic carbocycles. The van der Waals surface area contributed by atoms with Gasteiger partial charge in [0, 0.05) is 12.8 Å². The molecule has 90 heavy (non-hydrogen) atoms. The second-order valence-electron chi connectivity index (χ2n) is 24.2. The Balaban J connectivity index is 4.14. The van der Waals surface area contributed by atoms with Gasteiger partial charge in [-0.25, -0.2) is 4.57 Å².